The molecular formula is C12H10ClN3S. The number of fused-ring (bicyclic) bond motifs is 1. The quantitative estimate of drug-likeness (QED) is 0.671. The minimum absolute atomic E-state index is 0.755. The van der Waals surface area contributed by atoms with Crippen molar-refractivity contribution in [1.29, 1.82) is 0 Å². The molecule has 3 heterocycles. The monoisotopic (exact) mass is 263 g/mol. The Balaban J connectivity index is 2.25. The molecule has 0 amide bonds. The summed E-state index contributed by atoms with van der Waals surface area (Å²) in [5.74, 6) is 0. The van der Waals surface area contributed by atoms with Crippen molar-refractivity contribution in [1.82, 2.24) is 14.8 Å². The van der Waals surface area contributed by atoms with Crippen molar-refractivity contribution in [3.8, 4) is 10.6 Å². The van der Waals surface area contributed by atoms with Crippen molar-refractivity contribution < 1.29 is 0 Å². The summed E-state index contributed by atoms with van der Waals surface area (Å²) >= 11 is 7.80. The molecule has 0 bridgehead atoms. The maximum absolute atomic E-state index is 6.15. The summed E-state index contributed by atoms with van der Waals surface area (Å²) < 4.78 is 2.91. The van der Waals surface area contributed by atoms with Gasteiger partial charge in [-0.15, -0.1) is 11.3 Å². The number of nitrogens with zero attached hydrogens (tertiary/aromatic N) is 3. The van der Waals surface area contributed by atoms with Gasteiger partial charge in [0.1, 0.15) is 0 Å². The topological polar surface area (TPSA) is 30.7 Å². The highest BCUT2D eigenvalue weighted by atomic mass is 35.5. The summed E-state index contributed by atoms with van der Waals surface area (Å²) in [6.07, 6.45) is 1.73. The second-order valence-corrected chi connectivity index (χ2v) is 5.37. The van der Waals surface area contributed by atoms with Gasteiger partial charge in [0, 0.05) is 13.2 Å². The number of aromatic nitrogens is 3. The van der Waals surface area contributed by atoms with Crippen molar-refractivity contribution in [3.05, 3.63) is 35.1 Å². The molecule has 3 aromatic rings. The van der Waals surface area contributed by atoms with E-state index in [0.29, 0.717) is 0 Å². The zero-order valence-corrected chi connectivity index (χ0v) is 11.0. The first-order valence-corrected chi connectivity index (χ1v) is 6.39. The smallest absolute Gasteiger partial charge is 0.0831 e. The molecule has 0 saturated carbocycles. The van der Waals surface area contributed by atoms with E-state index in [1.807, 2.05) is 24.7 Å². The molecule has 3 nitrogen and oxygen atoms in total. The van der Waals surface area contributed by atoms with Crippen LogP contribution in [0.3, 0.4) is 0 Å². The van der Waals surface area contributed by atoms with Crippen LogP contribution in [-0.2, 0) is 7.05 Å². The third kappa shape index (κ3) is 1.73. The summed E-state index contributed by atoms with van der Waals surface area (Å²) in [5.41, 5.74) is 3.05. The highest BCUT2D eigenvalue weighted by Crippen LogP contribution is 2.36. The zero-order valence-electron chi connectivity index (χ0n) is 9.44. The number of pyridine rings is 1. The lowest BCUT2D eigenvalue weighted by atomic mass is 10.3. The lowest BCUT2D eigenvalue weighted by Crippen LogP contribution is -1.91. The van der Waals surface area contributed by atoms with Crippen LogP contribution in [-0.4, -0.2) is 14.8 Å². The maximum Gasteiger partial charge on any atom is 0.0831 e. The molecule has 0 saturated heterocycles. The second-order valence-electron chi connectivity index (χ2n) is 3.91. The number of hydrogen-bond donors (Lipinski definition) is 0. The molecular weight excluding hydrogens is 254 g/mol. The van der Waals surface area contributed by atoms with Gasteiger partial charge in [0.2, 0.25) is 0 Å². The Morgan fingerprint density at radius 2 is 2.18 bits per heavy atom. The molecule has 5 heteroatoms. The largest absolute Gasteiger partial charge is 0.267 e. The Hall–Kier alpha value is -1.39. The van der Waals surface area contributed by atoms with E-state index in [1.54, 1.807) is 17.5 Å². The van der Waals surface area contributed by atoms with Crippen LogP contribution in [0.25, 0.3) is 20.8 Å². The lowest BCUT2D eigenvalue weighted by molar-refractivity contribution is 0.765. The van der Waals surface area contributed by atoms with Crippen LogP contribution >= 0.6 is 22.9 Å². The lowest BCUT2D eigenvalue weighted by Gasteiger charge is -1.95. The molecule has 3 rings (SSSR count). The summed E-state index contributed by atoms with van der Waals surface area (Å²) in [5, 5.41) is 5.10. The first-order valence-electron chi connectivity index (χ1n) is 5.20. The first-order chi connectivity index (χ1) is 8.15. The van der Waals surface area contributed by atoms with Crippen molar-refractivity contribution >= 4 is 33.2 Å². The summed E-state index contributed by atoms with van der Waals surface area (Å²) in [6, 6.07) is 5.94. The fourth-order valence-corrected chi connectivity index (χ4v) is 3.21. The molecule has 3 aromatic heterocycles. The van der Waals surface area contributed by atoms with Crippen LogP contribution in [0.15, 0.2) is 24.4 Å². The summed E-state index contributed by atoms with van der Waals surface area (Å²) in [4.78, 5) is 5.46. The second kappa shape index (κ2) is 3.82. The van der Waals surface area contributed by atoms with Gasteiger partial charge in [-0.05, 0) is 25.1 Å². The van der Waals surface area contributed by atoms with Gasteiger partial charge in [-0.1, -0.05) is 11.6 Å². The molecule has 0 aliphatic carbocycles. The van der Waals surface area contributed by atoms with E-state index < -0.39 is 0 Å². The van der Waals surface area contributed by atoms with E-state index in [9.17, 15) is 0 Å². The van der Waals surface area contributed by atoms with E-state index in [0.717, 1.165) is 31.5 Å². The molecule has 0 atom stereocenters. The Kier molecular flexibility index (Phi) is 2.42. The maximum atomic E-state index is 6.15. The molecule has 0 fully saturated rings. The van der Waals surface area contributed by atoms with Crippen LogP contribution in [0.5, 0.6) is 0 Å². The van der Waals surface area contributed by atoms with Gasteiger partial charge in [-0.2, -0.15) is 5.10 Å². The number of halogens is 1. The molecule has 0 unspecified atom stereocenters. The molecule has 0 aromatic carbocycles. The van der Waals surface area contributed by atoms with Crippen LogP contribution in [0, 0.1) is 6.92 Å². The van der Waals surface area contributed by atoms with E-state index in [2.05, 4.69) is 22.2 Å². The average molecular weight is 264 g/mol. The van der Waals surface area contributed by atoms with Crippen LogP contribution in [0.4, 0.5) is 0 Å². The third-order valence-electron chi connectivity index (χ3n) is 2.62. The Bertz CT molecular complexity index is 699. The van der Waals surface area contributed by atoms with Crippen molar-refractivity contribution in [3.63, 3.8) is 0 Å². The number of rotatable bonds is 1. The molecule has 86 valence electrons. The number of hydrogen-bond acceptors (Lipinski definition) is 3. The standard InChI is InChI=1S/C12H10ClN3S/c1-7-5-10(16(2)15-7)11-6-9-12(17-11)8(13)3-4-14-9/h3-6H,1-2H3. The summed E-state index contributed by atoms with van der Waals surface area (Å²) in [6.45, 7) is 1.99. The fraction of sp³-hybridized carbons (Fsp3) is 0.167. The average Bonchev–Trinajstić information content (AvgIpc) is 2.82. The van der Waals surface area contributed by atoms with Crippen LogP contribution in [0.2, 0.25) is 5.02 Å². The third-order valence-corrected chi connectivity index (χ3v) is 4.23. The number of thiophene rings is 1. The number of aryl methyl sites for hydroxylation is 2. The fourth-order valence-electron chi connectivity index (χ4n) is 1.87. The minimum Gasteiger partial charge on any atom is -0.267 e. The molecule has 0 aliphatic heterocycles. The predicted octanol–water partition coefficient (Wildman–Crippen LogP) is 3.66. The van der Waals surface area contributed by atoms with Gasteiger partial charge in [0.25, 0.3) is 0 Å². The van der Waals surface area contributed by atoms with Crippen molar-refractivity contribution in [2.75, 3.05) is 0 Å². The van der Waals surface area contributed by atoms with Gasteiger partial charge in [0.15, 0.2) is 0 Å². The van der Waals surface area contributed by atoms with E-state index in [4.69, 9.17) is 11.6 Å². The van der Waals surface area contributed by atoms with E-state index in [1.165, 1.54) is 0 Å². The molecule has 0 spiro atoms. The Morgan fingerprint density at radius 3 is 2.82 bits per heavy atom. The molecule has 17 heavy (non-hydrogen) atoms. The van der Waals surface area contributed by atoms with Gasteiger partial charge in [0.05, 0.1) is 31.5 Å². The predicted molar refractivity (Wildman–Crippen MR) is 71.6 cm³/mol. The summed E-state index contributed by atoms with van der Waals surface area (Å²) in [7, 11) is 1.95. The van der Waals surface area contributed by atoms with Crippen LogP contribution in [0.1, 0.15) is 5.69 Å². The SMILES string of the molecule is Cc1cc(-c2cc3nccc(Cl)c3s2)n(C)n1. The minimum atomic E-state index is 0.755. The van der Waals surface area contributed by atoms with Gasteiger partial charge in [-0.25, -0.2) is 0 Å². The first kappa shape index (κ1) is 10.7. The normalized spacial score (nSPS) is 11.2. The molecule has 0 N–H and O–H groups in total. The highest BCUT2D eigenvalue weighted by molar-refractivity contribution is 7.22. The Morgan fingerprint density at radius 1 is 1.35 bits per heavy atom. The van der Waals surface area contributed by atoms with E-state index >= 15 is 0 Å². The van der Waals surface area contributed by atoms with Crippen molar-refractivity contribution in [2.45, 2.75) is 6.92 Å². The van der Waals surface area contributed by atoms with E-state index in [-0.39, 0.29) is 0 Å². The van der Waals surface area contributed by atoms with Crippen LogP contribution < -0.4 is 0 Å². The van der Waals surface area contributed by atoms with Crippen molar-refractivity contribution in [2.24, 2.45) is 7.05 Å². The van der Waals surface area contributed by atoms with Gasteiger partial charge >= 0.3 is 0 Å². The van der Waals surface area contributed by atoms with Gasteiger partial charge in [-0.3, -0.25) is 9.67 Å². The Labute approximate surface area is 108 Å². The molecule has 0 aliphatic rings. The molecule has 0 radical (unpaired) electrons. The highest BCUT2D eigenvalue weighted by Gasteiger charge is 2.11. The van der Waals surface area contributed by atoms with Gasteiger partial charge < -0.3 is 0 Å². The zero-order chi connectivity index (χ0) is 12.0.